The van der Waals surface area contributed by atoms with Crippen LogP contribution in [0, 0.1) is 11.6 Å². The van der Waals surface area contributed by atoms with E-state index in [1.54, 1.807) is 36.1 Å². The lowest BCUT2D eigenvalue weighted by atomic mass is 10.1. The second-order valence-electron chi connectivity index (χ2n) is 8.80. The normalized spacial score (nSPS) is 10.8. The molecule has 0 unspecified atom stereocenters. The van der Waals surface area contributed by atoms with Crippen molar-refractivity contribution in [2.24, 2.45) is 0 Å². The Bertz CT molecular complexity index is 1720. The number of rotatable bonds is 10. The van der Waals surface area contributed by atoms with Crippen LogP contribution in [0.3, 0.4) is 0 Å². The Hall–Kier alpha value is -4.89. The quantitative estimate of drug-likeness (QED) is 0.153. The zero-order valence-corrected chi connectivity index (χ0v) is 23.7. The van der Waals surface area contributed by atoms with Crippen molar-refractivity contribution in [1.82, 2.24) is 24.8 Å². The molecule has 0 aliphatic carbocycles. The molecule has 3 aromatic heterocycles. The van der Waals surface area contributed by atoms with Crippen molar-refractivity contribution >= 4 is 51.2 Å². The predicted molar refractivity (Wildman–Crippen MR) is 158 cm³/mol. The van der Waals surface area contributed by atoms with Crippen molar-refractivity contribution < 1.29 is 23.1 Å². The number of aryl methyl sites for hydroxylation is 1. The highest BCUT2D eigenvalue weighted by Gasteiger charge is 2.20. The topological polar surface area (TPSA) is 149 Å². The third-order valence-electron chi connectivity index (χ3n) is 5.92. The summed E-state index contributed by atoms with van der Waals surface area (Å²) in [5, 5.41) is 10.2. The van der Waals surface area contributed by atoms with Gasteiger partial charge in [-0.3, -0.25) is 10.1 Å². The van der Waals surface area contributed by atoms with Crippen LogP contribution in [0.4, 0.5) is 30.2 Å². The number of ether oxygens (including phenoxy) is 1. The molecule has 15 heteroatoms. The molecule has 5 N–H and O–H groups in total. The first-order valence-electron chi connectivity index (χ1n) is 12.5. The Labute approximate surface area is 246 Å². The minimum Gasteiger partial charge on any atom is -0.497 e. The van der Waals surface area contributed by atoms with Crippen molar-refractivity contribution in [2.75, 3.05) is 30.0 Å². The molecule has 0 aliphatic rings. The minimum atomic E-state index is -0.939. The van der Waals surface area contributed by atoms with E-state index < -0.39 is 23.6 Å². The fraction of sp³-hybridized carbons (Fsp3) is 0.148. The Morgan fingerprint density at radius 2 is 1.98 bits per heavy atom. The van der Waals surface area contributed by atoms with Gasteiger partial charge in [-0.1, -0.05) is 17.4 Å². The lowest BCUT2D eigenvalue weighted by Crippen LogP contribution is -2.29. The summed E-state index contributed by atoms with van der Waals surface area (Å²) >= 11 is 2.29. The van der Waals surface area contributed by atoms with Crippen LogP contribution in [0.1, 0.15) is 16.8 Å². The number of methoxy groups -OCH3 is 1. The van der Waals surface area contributed by atoms with E-state index >= 15 is 0 Å². The summed E-state index contributed by atoms with van der Waals surface area (Å²) < 4.78 is 36.5. The van der Waals surface area contributed by atoms with Gasteiger partial charge < -0.3 is 25.7 Å². The van der Waals surface area contributed by atoms with E-state index in [1.165, 1.54) is 30.6 Å². The third-order valence-corrected chi connectivity index (χ3v) is 7.91. The van der Waals surface area contributed by atoms with Gasteiger partial charge in [-0.05, 0) is 30.7 Å². The SMILES string of the molecule is COc1cccc(C(=O)Nc2cc(-c3csc(-c4sc(NC(=O)NCCCn5ccnc5)nc4N)n3)c(F)cc2F)c1. The number of carbonyl (C=O) groups is 2. The minimum absolute atomic E-state index is 0.0173. The summed E-state index contributed by atoms with van der Waals surface area (Å²) in [4.78, 5) is 38.1. The maximum atomic E-state index is 14.8. The van der Waals surface area contributed by atoms with Crippen LogP contribution in [0.15, 0.2) is 60.5 Å². The summed E-state index contributed by atoms with van der Waals surface area (Å²) in [5.74, 6) is -1.79. The molecule has 216 valence electrons. The van der Waals surface area contributed by atoms with Crippen LogP contribution >= 0.6 is 22.7 Å². The smallest absolute Gasteiger partial charge is 0.321 e. The molecule has 0 bridgehead atoms. The molecule has 0 radical (unpaired) electrons. The molecule has 2 aromatic carbocycles. The number of nitrogens with zero attached hydrogens (tertiary/aromatic N) is 4. The molecule has 0 saturated heterocycles. The van der Waals surface area contributed by atoms with E-state index in [0.29, 0.717) is 41.2 Å². The van der Waals surface area contributed by atoms with Crippen LogP contribution in [0.5, 0.6) is 5.75 Å². The van der Waals surface area contributed by atoms with Gasteiger partial charge in [0.2, 0.25) is 0 Å². The summed E-state index contributed by atoms with van der Waals surface area (Å²) in [7, 11) is 1.46. The Morgan fingerprint density at radius 3 is 2.76 bits per heavy atom. The number of benzene rings is 2. The van der Waals surface area contributed by atoms with E-state index in [1.807, 2.05) is 10.8 Å². The van der Waals surface area contributed by atoms with Crippen molar-refractivity contribution in [3.63, 3.8) is 0 Å². The highest BCUT2D eigenvalue weighted by molar-refractivity contribution is 7.23. The molecule has 0 fully saturated rings. The number of nitrogens with two attached hydrogens (primary N) is 1. The second-order valence-corrected chi connectivity index (χ2v) is 10.7. The zero-order chi connectivity index (χ0) is 29.6. The second kappa shape index (κ2) is 12.7. The first-order valence-corrected chi connectivity index (χ1v) is 14.2. The van der Waals surface area contributed by atoms with Gasteiger partial charge in [0.25, 0.3) is 5.91 Å². The average molecular weight is 611 g/mol. The van der Waals surface area contributed by atoms with Gasteiger partial charge in [-0.25, -0.2) is 28.5 Å². The highest BCUT2D eigenvalue weighted by Crippen LogP contribution is 2.39. The molecule has 5 aromatic rings. The number of nitrogens with one attached hydrogen (secondary N) is 3. The summed E-state index contributed by atoms with van der Waals surface area (Å²) in [6, 6.07) is 7.77. The molecule has 0 saturated carbocycles. The molecule has 5 rings (SSSR count). The molecule has 0 atom stereocenters. The number of amides is 3. The molecule has 0 aliphatic heterocycles. The molecule has 3 heterocycles. The number of urea groups is 1. The highest BCUT2D eigenvalue weighted by atomic mass is 32.1. The number of aromatic nitrogens is 4. The number of nitrogen functional groups attached to an aromatic ring is 1. The lowest BCUT2D eigenvalue weighted by Gasteiger charge is -2.10. The first-order chi connectivity index (χ1) is 20.3. The molecule has 0 spiro atoms. The maximum Gasteiger partial charge on any atom is 0.321 e. The standard InChI is InChI=1S/C27H24F2N8O3S2/c1-40-16-5-2-4-15(10-16)24(38)33-20-11-17(18(28)12-19(20)29)21-13-41-25(34-21)22-23(30)35-27(42-22)36-26(39)32-6-3-8-37-9-7-31-14-37/h2,4-5,7,9-14H,3,6,8,30H2,1H3,(H,33,38)(H2,32,35,36,39). The molecule has 11 nitrogen and oxygen atoms in total. The maximum absolute atomic E-state index is 14.8. The van der Waals surface area contributed by atoms with E-state index in [2.05, 4.69) is 30.9 Å². The number of carbonyl (C=O) groups excluding carboxylic acids is 2. The van der Waals surface area contributed by atoms with Gasteiger partial charge >= 0.3 is 6.03 Å². The number of anilines is 3. The Kier molecular flexibility index (Phi) is 8.68. The monoisotopic (exact) mass is 610 g/mol. The number of hydrogen-bond donors (Lipinski definition) is 4. The lowest BCUT2D eigenvalue weighted by molar-refractivity contribution is 0.102. The van der Waals surface area contributed by atoms with Gasteiger partial charge in [0.05, 0.1) is 24.8 Å². The van der Waals surface area contributed by atoms with E-state index in [-0.39, 0.29) is 33.5 Å². The Morgan fingerprint density at radius 1 is 1.12 bits per heavy atom. The van der Waals surface area contributed by atoms with Gasteiger partial charge in [0.15, 0.2) is 5.13 Å². The Balaban J connectivity index is 1.26. The van der Waals surface area contributed by atoms with E-state index in [0.717, 1.165) is 11.3 Å². The van der Waals surface area contributed by atoms with Crippen molar-refractivity contribution in [2.45, 2.75) is 13.0 Å². The van der Waals surface area contributed by atoms with Crippen LogP contribution < -0.4 is 26.4 Å². The fourth-order valence-electron chi connectivity index (χ4n) is 3.86. The molecular formula is C27H24F2N8O3S2. The van der Waals surface area contributed by atoms with Crippen LogP contribution in [0.25, 0.3) is 21.1 Å². The average Bonchev–Trinajstić information content (AvgIpc) is 3.74. The van der Waals surface area contributed by atoms with Crippen LogP contribution in [-0.4, -0.2) is 45.1 Å². The largest absolute Gasteiger partial charge is 0.497 e. The van der Waals surface area contributed by atoms with Gasteiger partial charge in [-0.15, -0.1) is 11.3 Å². The van der Waals surface area contributed by atoms with E-state index in [9.17, 15) is 18.4 Å². The van der Waals surface area contributed by atoms with Crippen LogP contribution in [0.2, 0.25) is 0 Å². The summed E-state index contributed by atoms with van der Waals surface area (Å²) in [6.45, 7) is 1.16. The van der Waals surface area contributed by atoms with Crippen molar-refractivity contribution in [3.8, 4) is 26.9 Å². The molecular weight excluding hydrogens is 586 g/mol. The number of thiazole rings is 2. The molecule has 42 heavy (non-hydrogen) atoms. The van der Waals surface area contributed by atoms with Gasteiger partial charge in [0, 0.05) is 48.1 Å². The molecule has 3 amide bonds. The first kappa shape index (κ1) is 28.6. The van der Waals surface area contributed by atoms with Gasteiger partial charge in [0.1, 0.15) is 33.1 Å². The van der Waals surface area contributed by atoms with Crippen molar-refractivity contribution in [1.29, 1.82) is 0 Å². The fourth-order valence-corrected chi connectivity index (χ4v) is 5.66. The number of imidazole rings is 1. The number of halogens is 2. The van der Waals surface area contributed by atoms with Crippen molar-refractivity contribution in [3.05, 3.63) is 77.7 Å². The zero-order valence-electron chi connectivity index (χ0n) is 22.1. The number of hydrogen-bond acceptors (Lipinski definition) is 9. The summed E-state index contributed by atoms with van der Waals surface area (Å²) in [5.41, 5.74) is 6.30. The van der Waals surface area contributed by atoms with E-state index in [4.69, 9.17) is 10.5 Å². The predicted octanol–water partition coefficient (Wildman–Crippen LogP) is 5.46. The summed E-state index contributed by atoms with van der Waals surface area (Å²) in [6.07, 6.45) is 5.95. The van der Waals surface area contributed by atoms with Crippen LogP contribution in [-0.2, 0) is 6.54 Å². The van der Waals surface area contributed by atoms with Gasteiger partial charge in [-0.2, -0.15) is 0 Å². The third kappa shape index (κ3) is 6.70.